The summed E-state index contributed by atoms with van der Waals surface area (Å²) in [6.07, 6.45) is 5.53. The molecule has 1 aromatic carbocycles. The molecule has 0 radical (unpaired) electrons. The van der Waals surface area contributed by atoms with Gasteiger partial charge in [0, 0.05) is 17.9 Å². The molecule has 1 heterocycles. The average Bonchev–Trinajstić information content (AvgIpc) is 2.75. The van der Waals surface area contributed by atoms with Crippen molar-refractivity contribution in [1.29, 1.82) is 0 Å². The summed E-state index contributed by atoms with van der Waals surface area (Å²) in [5.41, 5.74) is 2.75. The van der Waals surface area contributed by atoms with E-state index < -0.39 is 0 Å². The molecule has 2 nitrogen and oxygen atoms in total. The van der Waals surface area contributed by atoms with Crippen molar-refractivity contribution in [3.8, 4) is 5.75 Å². The van der Waals surface area contributed by atoms with E-state index in [1.807, 2.05) is 0 Å². The second-order valence-electron chi connectivity index (χ2n) is 6.12. The van der Waals surface area contributed by atoms with Crippen molar-refractivity contribution in [1.82, 2.24) is 0 Å². The minimum atomic E-state index is 0.326. The van der Waals surface area contributed by atoms with Crippen LogP contribution in [-0.2, 0) is 11.2 Å². The summed E-state index contributed by atoms with van der Waals surface area (Å²) in [4.78, 5) is 0.455. The lowest BCUT2D eigenvalue weighted by Crippen LogP contribution is -2.31. The Hall–Kier alpha value is -0.540. The van der Waals surface area contributed by atoms with Crippen LogP contribution in [-0.4, -0.2) is 18.8 Å². The maximum absolute atomic E-state index is 5.76. The van der Waals surface area contributed by atoms with Crippen LogP contribution in [0, 0.1) is 5.92 Å². The van der Waals surface area contributed by atoms with Gasteiger partial charge in [0.1, 0.15) is 11.9 Å². The third-order valence-electron chi connectivity index (χ3n) is 4.42. The van der Waals surface area contributed by atoms with E-state index in [-0.39, 0.29) is 0 Å². The first-order valence-electron chi connectivity index (χ1n) is 7.70. The molecule has 0 N–H and O–H groups in total. The third kappa shape index (κ3) is 3.04. The minimum Gasteiger partial charge on any atom is -0.490 e. The second kappa shape index (κ2) is 6.07. The molecular formula is C17H23BrO2. The van der Waals surface area contributed by atoms with Crippen molar-refractivity contribution in [3.05, 3.63) is 29.3 Å². The zero-order chi connectivity index (χ0) is 14.1. The summed E-state index contributed by atoms with van der Waals surface area (Å²) in [5, 5.41) is 0. The molecule has 3 rings (SSSR count). The lowest BCUT2D eigenvalue weighted by atomic mass is 9.78. The molecule has 0 saturated heterocycles. The number of halogens is 1. The quantitative estimate of drug-likeness (QED) is 0.727. The van der Waals surface area contributed by atoms with Crippen LogP contribution in [0.15, 0.2) is 18.2 Å². The molecule has 2 aliphatic rings. The Morgan fingerprint density at radius 2 is 2.20 bits per heavy atom. The monoisotopic (exact) mass is 338 g/mol. The summed E-state index contributed by atoms with van der Waals surface area (Å²) < 4.78 is 11.4. The van der Waals surface area contributed by atoms with Gasteiger partial charge < -0.3 is 9.47 Å². The van der Waals surface area contributed by atoms with E-state index in [0.29, 0.717) is 17.0 Å². The van der Waals surface area contributed by atoms with E-state index in [4.69, 9.17) is 9.47 Å². The van der Waals surface area contributed by atoms with Crippen LogP contribution in [0.3, 0.4) is 0 Å². The third-order valence-corrected chi connectivity index (χ3v) is 5.32. The molecular weight excluding hydrogens is 316 g/mol. The topological polar surface area (TPSA) is 18.5 Å². The van der Waals surface area contributed by atoms with E-state index in [1.165, 1.54) is 30.4 Å². The fraction of sp³-hybridized carbons (Fsp3) is 0.647. The normalized spacial score (nSPS) is 29.4. The first kappa shape index (κ1) is 14.4. The van der Waals surface area contributed by atoms with E-state index >= 15 is 0 Å². The highest BCUT2D eigenvalue weighted by Gasteiger charge is 2.31. The van der Waals surface area contributed by atoms with Crippen LogP contribution in [0.25, 0.3) is 0 Å². The van der Waals surface area contributed by atoms with Crippen LogP contribution in [0.4, 0.5) is 0 Å². The van der Waals surface area contributed by atoms with E-state index in [1.54, 1.807) is 0 Å². The summed E-state index contributed by atoms with van der Waals surface area (Å²) in [7, 11) is 0. The molecule has 0 aromatic heterocycles. The van der Waals surface area contributed by atoms with Crippen molar-refractivity contribution in [2.45, 2.75) is 56.6 Å². The number of benzene rings is 1. The Morgan fingerprint density at radius 1 is 1.40 bits per heavy atom. The van der Waals surface area contributed by atoms with Crippen LogP contribution < -0.4 is 4.74 Å². The van der Waals surface area contributed by atoms with Gasteiger partial charge in [-0.3, -0.25) is 0 Å². The molecule has 1 saturated carbocycles. The van der Waals surface area contributed by atoms with Gasteiger partial charge in [-0.1, -0.05) is 28.1 Å². The lowest BCUT2D eigenvalue weighted by Gasteiger charge is -2.36. The Balaban J connectivity index is 1.56. The van der Waals surface area contributed by atoms with Crippen LogP contribution in [0.5, 0.6) is 5.75 Å². The zero-order valence-electron chi connectivity index (χ0n) is 12.3. The number of ether oxygens (including phenoxy) is 2. The number of hydrogen-bond donors (Lipinski definition) is 0. The van der Waals surface area contributed by atoms with E-state index in [2.05, 4.69) is 48.0 Å². The average molecular weight is 339 g/mol. The van der Waals surface area contributed by atoms with Gasteiger partial charge in [-0.05, 0) is 56.2 Å². The fourth-order valence-corrected chi connectivity index (χ4v) is 4.12. The second-order valence-corrected chi connectivity index (χ2v) is 7.22. The van der Waals surface area contributed by atoms with Gasteiger partial charge in [0.2, 0.25) is 0 Å². The molecule has 0 spiro atoms. The highest BCUT2D eigenvalue weighted by Crippen LogP contribution is 2.41. The highest BCUT2D eigenvalue weighted by atomic mass is 79.9. The van der Waals surface area contributed by atoms with Crippen molar-refractivity contribution < 1.29 is 9.47 Å². The van der Waals surface area contributed by atoms with Gasteiger partial charge in [0.05, 0.1) is 6.10 Å². The number of fused-ring (bicyclic) bond motifs is 1. The number of rotatable bonds is 5. The number of hydrogen-bond acceptors (Lipinski definition) is 2. The Kier molecular flexibility index (Phi) is 4.37. The van der Waals surface area contributed by atoms with Gasteiger partial charge in [-0.2, -0.15) is 0 Å². The van der Waals surface area contributed by atoms with Crippen molar-refractivity contribution in [2.24, 2.45) is 5.92 Å². The molecule has 20 heavy (non-hydrogen) atoms. The molecule has 110 valence electrons. The van der Waals surface area contributed by atoms with E-state index in [9.17, 15) is 0 Å². The zero-order valence-corrected chi connectivity index (χ0v) is 13.9. The Morgan fingerprint density at radius 3 is 2.95 bits per heavy atom. The molecule has 1 aliphatic heterocycles. The predicted octanol–water partition coefficient (Wildman–Crippen LogP) is 4.65. The summed E-state index contributed by atoms with van der Waals surface area (Å²) in [6.45, 7) is 5.06. The van der Waals surface area contributed by atoms with Crippen molar-refractivity contribution in [3.63, 3.8) is 0 Å². The smallest absolute Gasteiger partial charge is 0.123 e. The maximum atomic E-state index is 5.76. The molecule has 2 unspecified atom stereocenters. The summed E-state index contributed by atoms with van der Waals surface area (Å²) in [6, 6.07) is 6.65. The molecule has 1 aliphatic carbocycles. The lowest BCUT2D eigenvalue weighted by molar-refractivity contribution is -0.0264. The summed E-state index contributed by atoms with van der Waals surface area (Å²) >= 11 is 3.86. The van der Waals surface area contributed by atoms with Gasteiger partial charge in [-0.25, -0.2) is 0 Å². The van der Waals surface area contributed by atoms with Gasteiger partial charge in [0.25, 0.3) is 0 Å². The molecule has 3 heteroatoms. The molecule has 1 aromatic rings. The molecule has 2 atom stereocenters. The van der Waals surface area contributed by atoms with Gasteiger partial charge in [-0.15, -0.1) is 0 Å². The van der Waals surface area contributed by atoms with E-state index in [0.717, 1.165) is 24.7 Å². The molecule has 1 fully saturated rings. The van der Waals surface area contributed by atoms with Gasteiger partial charge >= 0.3 is 0 Å². The maximum Gasteiger partial charge on any atom is 0.123 e. The standard InChI is InChI=1S/C17H23BrO2/c1-3-19-15-7-12(8-15)9-16(18)13-4-5-17-14(10-13)6-11(2)20-17/h4-5,10-12,15-16H,3,6-9H2,1-2H3. The Labute approximate surface area is 130 Å². The first-order chi connectivity index (χ1) is 9.65. The molecule has 0 amide bonds. The van der Waals surface area contributed by atoms with Gasteiger partial charge in [0.15, 0.2) is 0 Å². The minimum absolute atomic E-state index is 0.326. The van der Waals surface area contributed by atoms with Crippen LogP contribution in [0.1, 0.15) is 49.1 Å². The number of alkyl halides is 1. The Bertz CT molecular complexity index is 468. The SMILES string of the molecule is CCOC1CC(CC(Br)c2ccc3c(c2)CC(C)O3)C1. The largest absolute Gasteiger partial charge is 0.490 e. The molecule has 0 bridgehead atoms. The summed E-state index contributed by atoms with van der Waals surface area (Å²) in [5.74, 6) is 1.88. The van der Waals surface area contributed by atoms with Crippen molar-refractivity contribution in [2.75, 3.05) is 6.61 Å². The van der Waals surface area contributed by atoms with Crippen molar-refractivity contribution >= 4 is 15.9 Å². The fourth-order valence-electron chi connectivity index (χ4n) is 3.30. The van der Waals surface area contributed by atoms with Crippen LogP contribution >= 0.6 is 15.9 Å². The predicted molar refractivity (Wildman–Crippen MR) is 84.7 cm³/mol. The first-order valence-corrected chi connectivity index (χ1v) is 8.62. The van der Waals surface area contributed by atoms with Crippen LogP contribution in [0.2, 0.25) is 0 Å². The highest BCUT2D eigenvalue weighted by molar-refractivity contribution is 9.09.